The molecule has 0 fully saturated rings. The number of aromatic nitrogens is 3. The van der Waals surface area contributed by atoms with Crippen LogP contribution in [0.4, 0.5) is 0 Å². The first kappa shape index (κ1) is 9.72. The number of hydrogen-bond acceptors (Lipinski definition) is 3. The van der Waals surface area contributed by atoms with E-state index in [0.717, 1.165) is 16.3 Å². The molecule has 0 aliphatic carbocycles. The van der Waals surface area contributed by atoms with Gasteiger partial charge >= 0.3 is 5.69 Å². The summed E-state index contributed by atoms with van der Waals surface area (Å²) in [5.41, 5.74) is 1.07. The average Bonchev–Trinajstić information content (AvgIpc) is 2.38. The number of benzene rings is 2. The molecule has 4 nitrogen and oxygen atoms in total. The maximum atomic E-state index is 11.2. The second-order valence-corrected chi connectivity index (χ2v) is 3.70. The zero-order chi connectivity index (χ0) is 11.7. The second-order valence-electron chi connectivity index (χ2n) is 3.70. The van der Waals surface area contributed by atoms with Gasteiger partial charge in [0.1, 0.15) is 0 Å². The molecule has 0 aliphatic rings. The van der Waals surface area contributed by atoms with Crippen LogP contribution in [0.3, 0.4) is 0 Å². The fraction of sp³-hybridized carbons (Fsp3) is 0. The molecule has 0 unspecified atom stereocenters. The molecule has 17 heavy (non-hydrogen) atoms. The Morgan fingerprint density at radius 1 is 1.00 bits per heavy atom. The van der Waals surface area contributed by atoms with Crippen LogP contribution in [0.2, 0.25) is 0 Å². The highest BCUT2D eigenvalue weighted by Crippen LogP contribution is 2.25. The van der Waals surface area contributed by atoms with Gasteiger partial charge in [0.2, 0.25) is 0 Å². The van der Waals surface area contributed by atoms with Crippen LogP contribution in [0.5, 0.6) is 0 Å². The van der Waals surface area contributed by atoms with Gasteiger partial charge in [-0.3, -0.25) is 0 Å². The lowest BCUT2D eigenvalue weighted by atomic mass is 10.0. The fourth-order valence-corrected chi connectivity index (χ4v) is 1.89. The average molecular weight is 223 g/mol. The van der Waals surface area contributed by atoms with Gasteiger partial charge in [-0.25, -0.2) is 9.89 Å². The smallest absolute Gasteiger partial charge is 0.244 e. The maximum absolute atomic E-state index is 11.2. The second kappa shape index (κ2) is 3.83. The predicted octanol–water partition coefficient (Wildman–Crippen LogP) is 1.99. The third-order valence-corrected chi connectivity index (χ3v) is 2.63. The van der Waals surface area contributed by atoms with Gasteiger partial charge in [-0.1, -0.05) is 42.5 Å². The van der Waals surface area contributed by atoms with Crippen LogP contribution in [-0.2, 0) is 0 Å². The fourth-order valence-electron chi connectivity index (χ4n) is 1.89. The molecule has 0 atom stereocenters. The van der Waals surface area contributed by atoms with Crippen molar-refractivity contribution in [2.24, 2.45) is 0 Å². The molecule has 0 amide bonds. The van der Waals surface area contributed by atoms with E-state index in [-0.39, 0.29) is 0 Å². The van der Waals surface area contributed by atoms with Crippen molar-refractivity contribution in [3.05, 3.63) is 59.1 Å². The Kier molecular flexibility index (Phi) is 2.19. The van der Waals surface area contributed by atoms with Gasteiger partial charge in [-0.15, -0.1) is 0 Å². The Morgan fingerprint density at radius 3 is 2.71 bits per heavy atom. The molecule has 0 saturated carbocycles. The number of rotatable bonds is 1. The Hall–Kier alpha value is -2.49. The summed E-state index contributed by atoms with van der Waals surface area (Å²) >= 11 is 0. The number of fused-ring (bicyclic) bond motifs is 1. The third-order valence-electron chi connectivity index (χ3n) is 2.63. The van der Waals surface area contributed by atoms with Crippen LogP contribution in [0.15, 0.2) is 53.5 Å². The standard InChI is InChI=1S/C13H9N3O/c17-13-15-12(8-14-16-13)11-7-3-5-9-4-1-2-6-10(9)11/h1-8H,(H,15,16,17). The summed E-state index contributed by atoms with van der Waals surface area (Å²) < 4.78 is 0. The van der Waals surface area contributed by atoms with Crippen molar-refractivity contribution in [1.82, 2.24) is 15.2 Å². The number of nitrogens with zero attached hydrogens (tertiary/aromatic N) is 2. The van der Waals surface area contributed by atoms with Gasteiger partial charge in [-0.2, -0.15) is 10.1 Å². The van der Waals surface area contributed by atoms with Crippen molar-refractivity contribution < 1.29 is 0 Å². The Bertz CT molecular complexity index is 728. The molecule has 0 aliphatic heterocycles. The van der Waals surface area contributed by atoms with E-state index >= 15 is 0 Å². The minimum Gasteiger partial charge on any atom is -0.244 e. The Balaban J connectivity index is 2.34. The van der Waals surface area contributed by atoms with Crippen molar-refractivity contribution in [2.75, 3.05) is 0 Å². The van der Waals surface area contributed by atoms with E-state index in [1.165, 1.54) is 0 Å². The molecular formula is C13H9N3O. The van der Waals surface area contributed by atoms with Gasteiger partial charge in [0, 0.05) is 5.56 Å². The van der Waals surface area contributed by atoms with Crippen LogP contribution in [0.25, 0.3) is 22.0 Å². The van der Waals surface area contributed by atoms with Gasteiger partial charge in [0.25, 0.3) is 0 Å². The van der Waals surface area contributed by atoms with Gasteiger partial charge in [0.15, 0.2) is 0 Å². The molecule has 0 saturated heterocycles. The molecule has 82 valence electrons. The minimum atomic E-state index is -0.435. The Labute approximate surface area is 97.0 Å². The van der Waals surface area contributed by atoms with Gasteiger partial charge in [-0.05, 0) is 10.8 Å². The topological polar surface area (TPSA) is 58.6 Å². The summed E-state index contributed by atoms with van der Waals surface area (Å²) in [5, 5.41) is 8.22. The van der Waals surface area contributed by atoms with Crippen LogP contribution < -0.4 is 5.69 Å². The largest absolute Gasteiger partial charge is 0.361 e. The van der Waals surface area contributed by atoms with Crippen LogP contribution in [0.1, 0.15) is 0 Å². The maximum Gasteiger partial charge on any atom is 0.361 e. The summed E-state index contributed by atoms with van der Waals surface area (Å²) in [4.78, 5) is 15.1. The quantitative estimate of drug-likeness (QED) is 0.686. The van der Waals surface area contributed by atoms with Crippen molar-refractivity contribution in [3.8, 4) is 11.3 Å². The summed E-state index contributed by atoms with van der Waals surface area (Å²) in [7, 11) is 0. The summed E-state index contributed by atoms with van der Waals surface area (Å²) in [5.74, 6) is 0. The zero-order valence-corrected chi connectivity index (χ0v) is 8.92. The first-order valence-corrected chi connectivity index (χ1v) is 5.24. The minimum absolute atomic E-state index is 0.435. The normalized spacial score (nSPS) is 10.6. The summed E-state index contributed by atoms with van der Waals surface area (Å²) in [6.45, 7) is 0. The van der Waals surface area contributed by atoms with Gasteiger partial charge < -0.3 is 0 Å². The summed E-state index contributed by atoms with van der Waals surface area (Å²) in [6, 6.07) is 13.9. The highest BCUT2D eigenvalue weighted by atomic mass is 16.1. The zero-order valence-electron chi connectivity index (χ0n) is 8.92. The summed E-state index contributed by atoms with van der Waals surface area (Å²) in [6.07, 6.45) is 1.56. The van der Waals surface area contributed by atoms with Crippen molar-refractivity contribution >= 4 is 10.8 Å². The van der Waals surface area contributed by atoms with E-state index < -0.39 is 5.69 Å². The highest BCUT2D eigenvalue weighted by molar-refractivity contribution is 5.95. The van der Waals surface area contributed by atoms with Crippen LogP contribution in [0, 0.1) is 0 Å². The van der Waals surface area contributed by atoms with Crippen molar-refractivity contribution in [1.29, 1.82) is 0 Å². The highest BCUT2D eigenvalue weighted by Gasteiger charge is 2.04. The molecule has 1 aromatic heterocycles. The SMILES string of the molecule is O=c1nc(-c2cccc3ccccc23)cn[nH]1. The molecular weight excluding hydrogens is 214 g/mol. The van der Waals surface area contributed by atoms with E-state index in [1.807, 2.05) is 42.5 Å². The molecule has 3 aromatic rings. The van der Waals surface area contributed by atoms with Crippen molar-refractivity contribution in [3.63, 3.8) is 0 Å². The third kappa shape index (κ3) is 1.69. The molecule has 0 radical (unpaired) electrons. The first-order chi connectivity index (χ1) is 8.34. The van der Waals surface area contributed by atoms with E-state index in [2.05, 4.69) is 15.2 Å². The van der Waals surface area contributed by atoms with Crippen LogP contribution >= 0.6 is 0 Å². The number of nitrogens with one attached hydrogen (secondary N) is 1. The molecule has 2 aromatic carbocycles. The van der Waals surface area contributed by atoms with E-state index in [4.69, 9.17) is 0 Å². The monoisotopic (exact) mass is 223 g/mol. The van der Waals surface area contributed by atoms with E-state index in [1.54, 1.807) is 6.20 Å². The lowest BCUT2D eigenvalue weighted by Crippen LogP contribution is -2.12. The molecule has 0 spiro atoms. The number of aromatic amines is 1. The van der Waals surface area contributed by atoms with E-state index in [0.29, 0.717) is 5.69 Å². The first-order valence-electron chi connectivity index (χ1n) is 5.24. The van der Waals surface area contributed by atoms with Gasteiger partial charge in [0.05, 0.1) is 11.9 Å². The van der Waals surface area contributed by atoms with Crippen LogP contribution in [-0.4, -0.2) is 15.2 Å². The molecule has 1 N–H and O–H groups in total. The van der Waals surface area contributed by atoms with E-state index in [9.17, 15) is 4.79 Å². The van der Waals surface area contributed by atoms with Crippen molar-refractivity contribution in [2.45, 2.75) is 0 Å². The predicted molar refractivity (Wildman–Crippen MR) is 65.6 cm³/mol. The number of hydrogen-bond donors (Lipinski definition) is 1. The number of H-pyrrole nitrogens is 1. The molecule has 3 rings (SSSR count). The lowest BCUT2D eigenvalue weighted by molar-refractivity contribution is 0.919. The molecule has 1 heterocycles. The Morgan fingerprint density at radius 2 is 1.82 bits per heavy atom. The molecule has 0 bridgehead atoms. The lowest BCUT2D eigenvalue weighted by Gasteiger charge is -2.04. The molecule has 4 heteroatoms.